The summed E-state index contributed by atoms with van der Waals surface area (Å²) in [7, 11) is 0. The summed E-state index contributed by atoms with van der Waals surface area (Å²) in [5, 5.41) is 8.86. The van der Waals surface area contributed by atoms with Crippen LogP contribution in [0.5, 0.6) is 0 Å². The van der Waals surface area contributed by atoms with Crippen LogP contribution in [-0.4, -0.2) is 22.4 Å². The fourth-order valence-corrected chi connectivity index (χ4v) is 1.45. The number of carbonyl (C=O) groups excluding carboxylic acids is 1. The molecule has 0 radical (unpaired) electrons. The number of aliphatic carboxylic acids is 1. The Kier molecular flexibility index (Phi) is 3.44. The van der Waals surface area contributed by atoms with Crippen molar-refractivity contribution in [2.75, 3.05) is 0 Å². The van der Waals surface area contributed by atoms with E-state index in [1.807, 2.05) is 6.07 Å². The van der Waals surface area contributed by atoms with E-state index in [1.165, 1.54) is 6.92 Å². The van der Waals surface area contributed by atoms with Gasteiger partial charge in [-0.15, -0.1) is 0 Å². The lowest BCUT2D eigenvalue weighted by Gasteiger charge is -2.22. The van der Waals surface area contributed by atoms with Crippen molar-refractivity contribution in [3.05, 3.63) is 35.9 Å². The maximum Gasteiger partial charge on any atom is 0.331 e. The van der Waals surface area contributed by atoms with E-state index in [1.54, 1.807) is 31.2 Å². The van der Waals surface area contributed by atoms with Gasteiger partial charge in [-0.25, -0.2) is 4.79 Å². The molecule has 0 aliphatic carbocycles. The normalized spacial score (nSPS) is 16.2. The van der Waals surface area contributed by atoms with Crippen molar-refractivity contribution in [3.8, 4) is 0 Å². The van der Waals surface area contributed by atoms with E-state index in [0.29, 0.717) is 0 Å². The SMILES string of the molecule is CC(C(=O)C(C)(N)C(=O)O)c1ccccc1. The van der Waals surface area contributed by atoms with Gasteiger partial charge < -0.3 is 10.8 Å². The third-order valence-corrected chi connectivity index (χ3v) is 2.65. The topological polar surface area (TPSA) is 80.4 Å². The lowest BCUT2D eigenvalue weighted by molar-refractivity contribution is -0.147. The van der Waals surface area contributed by atoms with Gasteiger partial charge >= 0.3 is 5.97 Å². The van der Waals surface area contributed by atoms with Crippen LogP contribution in [0.25, 0.3) is 0 Å². The zero-order valence-electron chi connectivity index (χ0n) is 9.31. The number of hydrogen-bond donors (Lipinski definition) is 2. The van der Waals surface area contributed by atoms with Crippen molar-refractivity contribution < 1.29 is 14.7 Å². The number of Topliss-reactive ketones (excluding diaryl/α,β-unsaturated/α-hetero) is 1. The Morgan fingerprint density at radius 1 is 1.31 bits per heavy atom. The third-order valence-electron chi connectivity index (χ3n) is 2.65. The first-order chi connectivity index (χ1) is 7.37. The highest BCUT2D eigenvalue weighted by molar-refractivity contribution is 6.09. The van der Waals surface area contributed by atoms with Crippen molar-refractivity contribution in [1.82, 2.24) is 0 Å². The first-order valence-corrected chi connectivity index (χ1v) is 4.99. The monoisotopic (exact) mass is 221 g/mol. The number of carboxylic acids is 1. The van der Waals surface area contributed by atoms with Crippen molar-refractivity contribution in [1.29, 1.82) is 0 Å². The Balaban J connectivity index is 2.96. The van der Waals surface area contributed by atoms with E-state index in [-0.39, 0.29) is 0 Å². The van der Waals surface area contributed by atoms with Crippen LogP contribution in [0.15, 0.2) is 30.3 Å². The van der Waals surface area contributed by atoms with E-state index >= 15 is 0 Å². The van der Waals surface area contributed by atoms with Gasteiger partial charge in [0.05, 0.1) is 0 Å². The molecule has 0 aliphatic rings. The third kappa shape index (κ3) is 2.28. The Bertz CT molecular complexity index is 398. The fourth-order valence-electron chi connectivity index (χ4n) is 1.45. The van der Waals surface area contributed by atoms with Crippen LogP contribution >= 0.6 is 0 Å². The molecule has 2 atom stereocenters. The molecule has 0 saturated heterocycles. The summed E-state index contributed by atoms with van der Waals surface area (Å²) >= 11 is 0. The van der Waals surface area contributed by atoms with Crippen molar-refractivity contribution >= 4 is 11.8 Å². The van der Waals surface area contributed by atoms with Crippen molar-refractivity contribution in [3.63, 3.8) is 0 Å². The summed E-state index contributed by atoms with van der Waals surface area (Å²) < 4.78 is 0. The van der Waals surface area contributed by atoms with Crippen LogP contribution in [0.1, 0.15) is 25.3 Å². The fraction of sp³-hybridized carbons (Fsp3) is 0.333. The van der Waals surface area contributed by atoms with Gasteiger partial charge in [0.1, 0.15) is 0 Å². The predicted molar refractivity (Wildman–Crippen MR) is 60.1 cm³/mol. The van der Waals surface area contributed by atoms with Crippen molar-refractivity contribution in [2.45, 2.75) is 25.3 Å². The zero-order valence-corrected chi connectivity index (χ0v) is 9.31. The number of benzene rings is 1. The average molecular weight is 221 g/mol. The summed E-state index contributed by atoms with van der Waals surface area (Å²) in [4.78, 5) is 22.8. The molecule has 0 fully saturated rings. The smallest absolute Gasteiger partial charge is 0.331 e. The van der Waals surface area contributed by atoms with Crippen LogP contribution in [0.3, 0.4) is 0 Å². The minimum Gasteiger partial charge on any atom is -0.480 e. The first-order valence-electron chi connectivity index (χ1n) is 4.99. The second-order valence-corrected chi connectivity index (χ2v) is 4.00. The molecule has 1 aromatic rings. The molecule has 3 N–H and O–H groups in total. The Morgan fingerprint density at radius 3 is 2.25 bits per heavy atom. The molecule has 4 nitrogen and oxygen atoms in total. The highest BCUT2D eigenvalue weighted by Crippen LogP contribution is 2.20. The average Bonchev–Trinajstić information content (AvgIpc) is 2.28. The van der Waals surface area contributed by atoms with Gasteiger partial charge in [0.2, 0.25) is 0 Å². The molecule has 16 heavy (non-hydrogen) atoms. The number of ketones is 1. The maximum absolute atomic E-state index is 11.9. The molecular formula is C12H15NO3. The summed E-state index contributed by atoms with van der Waals surface area (Å²) in [6.45, 7) is 2.88. The van der Waals surface area contributed by atoms with Gasteiger partial charge in [0.15, 0.2) is 11.3 Å². The van der Waals surface area contributed by atoms with Gasteiger partial charge in [-0.05, 0) is 12.5 Å². The molecule has 1 aromatic carbocycles. The van der Waals surface area contributed by atoms with Crippen LogP contribution in [-0.2, 0) is 9.59 Å². The van der Waals surface area contributed by atoms with Crippen molar-refractivity contribution in [2.24, 2.45) is 5.73 Å². The number of nitrogens with two attached hydrogens (primary N) is 1. The highest BCUT2D eigenvalue weighted by atomic mass is 16.4. The number of rotatable bonds is 4. The molecule has 2 unspecified atom stereocenters. The second kappa shape index (κ2) is 4.45. The van der Waals surface area contributed by atoms with Gasteiger partial charge in [0, 0.05) is 5.92 Å². The molecule has 1 rings (SSSR count). The molecule has 0 aliphatic heterocycles. The summed E-state index contributed by atoms with van der Waals surface area (Å²) in [5.74, 6) is -2.32. The molecule has 0 bridgehead atoms. The molecule has 0 spiro atoms. The summed E-state index contributed by atoms with van der Waals surface area (Å²) in [5.41, 5.74) is 4.42. The molecule has 4 heteroatoms. The Hall–Kier alpha value is -1.68. The number of hydrogen-bond acceptors (Lipinski definition) is 3. The van der Waals surface area contributed by atoms with E-state index in [4.69, 9.17) is 10.8 Å². The minimum atomic E-state index is -1.84. The highest BCUT2D eigenvalue weighted by Gasteiger charge is 2.39. The van der Waals surface area contributed by atoms with E-state index in [0.717, 1.165) is 5.56 Å². The molecule has 0 aromatic heterocycles. The maximum atomic E-state index is 11.9. The van der Waals surface area contributed by atoms with Crippen LogP contribution in [0.4, 0.5) is 0 Å². The number of carboxylic acid groups (broad SMARTS) is 1. The lowest BCUT2D eigenvalue weighted by atomic mass is 9.85. The largest absolute Gasteiger partial charge is 0.480 e. The van der Waals surface area contributed by atoms with Gasteiger partial charge in [-0.3, -0.25) is 4.79 Å². The summed E-state index contributed by atoms with van der Waals surface area (Å²) in [6, 6.07) is 8.99. The molecule has 86 valence electrons. The standard InChI is InChI=1S/C12H15NO3/c1-8(9-6-4-3-5-7-9)10(14)12(2,13)11(15)16/h3-8H,13H2,1-2H3,(H,15,16). The van der Waals surface area contributed by atoms with Gasteiger partial charge in [0.25, 0.3) is 0 Å². The second-order valence-electron chi connectivity index (χ2n) is 4.00. The first kappa shape index (κ1) is 12.4. The quantitative estimate of drug-likeness (QED) is 0.748. The molecule has 0 amide bonds. The Morgan fingerprint density at radius 2 is 1.81 bits per heavy atom. The van der Waals surface area contributed by atoms with Gasteiger partial charge in [-0.1, -0.05) is 37.3 Å². The van der Waals surface area contributed by atoms with Crippen LogP contribution in [0.2, 0.25) is 0 Å². The van der Waals surface area contributed by atoms with Gasteiger partial charge in [-0.2, -0.15) is 0 Å². The minimum absolute atomic E-state index is 0.494. The van der Waals surface area contributed by atoms with E-state index in [2.05, 4.69) is 0 Å². The molecular weight excluding hydrogens is 206 g/mol. The molecule has 0 saturated carbocycles. The Labute approximate surface area is 94.1 Å². The predicted octanol–water partition coefficient (Wildman–Crippen LogP) is 1.16. The van der Waals surface area contributed by atoms with Crippen LogP contribution in [0, 0.1) is 0 Å². The summed E-state index contributed by atoms with van der Waals surface area (Å²) in [6.07, 6.45) is 0. The zero-order chi connectivity index (χ0) is 12.3. The lowest BCUT2D eigenvalue weighted by Crippen LogP contribution is -2.53. The van der Waals surface area contributed by atoms with E-state index < -0.39 is 23.2 Å². The van der Waals surface area contributed by atoms with Crippen LogP contribution < -0.4 is 5.73 Å². The number of carbonyl (C=O) groups is 2. The molecule has 0 heterocycles. The van der Waals surface area contributed by atoms with E-state index in [9.17, 15) is 9.59 Å².